The third-order valence-corrected chi connectivity index (χ3v) is 5.46. The van der Waals surface area contributed by atoms with E-state index in [0.717, 1.165) is 22.4 Å². The van der Waals surface area contributed by atoms with E-state index in [1.54, 1.807) is 17.7 Å². The molecule has 154 valence electrons. The number of ether oxygens (including phenoxy) is 1. The number of fused-ring (bicyclic) bond motifs is 3. The average Bonchev–Trinajstić information content (AvgIpc) is 3.10. The Labute approximate surface area is 178 Å². The normalized spacial score (nSPS) is 11.3. The minimum atomic E-state index is -0.353. The number of hydrogen-bond acceptors (Lipinski definition) is 3. The highest BCUT2D eigenvalue weighted by Gasteiger charge is 2.17. The lowest BCUT2D eigenvalue weighted by Crippen LogP contribution is -2.23. The summed E-state index contributed by atoms with van der Waals surface area (Å²) in [6.45, 7) is 0.854. The van der Waals surface area contributed by atoms with Crippen molar-refractivity contribution in [2.75, 3.05) is 7.11 Å². The molecule has 0 saturated carbocycles. The molecule has 31 heavy (non-hydrogen) atoms. The quantitative estimate of drug-likeness (QED) is 0.423. The molecule has 0 amide bonds. The number of halogens is 1. The third-order valence-electron chi connectivity index (χ3n) is 5.46. The van der Waals surface area contributed by atoms with Crippen LogP contribution in [0.2, 0.25) is 0 Å². The van der Waals surface area contributed by atoms with Crippen LogP contribution >= 0.6 is 0 Å². The van der Waals surface area contributed by atoms with Crippen molar-refractivity contribution in [3.8, 4) is 5.75 Å². The van der Waals surface area contributed by atoms with Gasteiger partial charge in [0.25, 0.3) is 5.56 Å². The van der Waals surface area contributed by atoms with Crippen molar-refractivity contribution in [2.24, 2.45) is 0 Å². The Morgan fingerprint density at radius 2 is 1.74 bits per heavy atom. The molecule has 5 aromatic rings. The van der Waals surface area contributed by atoms with Crippen LogP contribution < -0.4 is 10.3 Å². The predicted molar refractivity (Wildman–Crippen MR) is 119 cm³/mol. The Morgan fingerprint density at radius 3 is 2.55 bits per heavy atom. The largest absolute Gasteiger partial charge is 0.497 e. The van der Waals surface area contributed by atoms with Gasteiger partial charge in [-0.15, -0.1) is 0 Å². The van der Waals surface area contributed by atoms with E-state index < -0.39 is 0 Å². The fourth-order valence-corrected chi connectivity index (χ4v) is 3.98. The van der Waals surface area contributed by atoms with Gasteiger partial charge in [0.05, 0.1) is 25.5 Å². The summed E-state index contributed by atoms with van der Waals surface area (Å²) in [6, 6.07) is 22.0. The Hall–Kier alpha value is -3.93. The molecule has 5 nitrogen and oxygen atoms in total. The molecule has 0 spiro atoms. The first-order valence-electron chi connectivity index (χ1n) is 9.98. The van der Waals surface area contributed by atoms with Crippen molar-refractivity contribution < 1.29 is 9.13 Å². The van der Waals surface area contributed by atoms with Crippen LogP contribution in [0.3, 0.4) is 0 Å². The predicted octanol–water partition coefficient (Wildman–Crippen LogP) is 4.60. The molecule has 0 aliphatic rings. The summed E-state index contributed by atoms with van der Waals surface area (Å²) in [7, 11) is 1.61. The topological polar surface area (TPSA) is 49.0 Å². The Bertz CT molecular complexity index is 1450. The molecule has 0 N–H and O–H groups in total. The van der Waals surface area contributed by atoms with Gasteiger partial charge in [-0.1, -0.05) is 42.5 Å². The smallest absolute Gasteiger partial charge is 0.278 e. The standard InChI is InChI=1S/C25H20FN3O2/c1-31-20-9-5-8-18(12-20)14-28-16-27-23-21-13-19(26)10-11-22(21)29(24(23)25(28)30)15-17-6-3-2-4-7-17/h2-13,16H,14-15H2,1H3. The molecule has 2 heterocycles. The van der Waals surface area contributed by atoms with E-state index in [2.05, 4.69) is 4.98 Å². The van der Waals surface area contributed by atoms with Gasteiger partial charge in [-0.05, 0) is 41.5 Å². The van der Waals surface area contributed by atoms with Crippen molar-refractivity contribution in [2.45, 2.75) is 13.1 Å². The van der Waals surface area contributed by atoms with E-state index in [4.69, 9.17) is 4.74 Å². The van der Waals surface area contributed by atoms with Crippen molar-refractivity contribution >= 4 is 21.9 Å². The number of aromatic nitrogens is 3. The Balaban J connectivity index is 1.70. The molecule has 3 aromatic carbocycles. The molecule has 0 fully saturated rings. The first-order valence-corrected chi connectivity index (χ1v) is 9.98. The highest BCUT2D eigenvalue weighted by atomic mass is 19.1. The zero-order chi connectivity index (χ0) is 21.4. The van der Waals surface area contributed by atoms with Gasteiger partial charge in [-0.3, -0.25) is 9.36 Å². The molecule has 0 atom stereocenters. The molecule has 5 rings (SSSR count). The maximum Gasteiger partial charge on any atom is 0.278 e. The van der Waals surface area contributed by atoms with Crippen molar-refractivity contribution in [3.63, 3.8) is 0 Å². The zero-order valence-corrected chi connectivity index (χ0v) is 17.0. The van der Waals surface area contributed by atoms with Gasteiger partial charge in [-0.25, -0.2) is 9.37 Å². The summed E-state index contributed by atoms with van der Waals surface area (Å²) < 4.78 is 22.8. The Kier molecular flexibility index (Phi) is 4.75. The second kappa shape index (κ2) is 7.72. The molecular formula is C25H20FN3O2. The average molecular weight is 413 g/mol. The molecular weight excluding hydrogens is 393 g/mol. The second-order valence-electron chi connectivity index (χ2n) is 7.46. The van der Waals surface area contributed by atoms with E-state index in [0.29, 0.717) is 29.5 Å². The van der Waals surface area contributed by atoms with Crippen LogP contribution in [0.1, 0.15) is 11.1 Å². The third kappa shape index (κ3) is 3.46. The minimum Gasteiger partial charge on any atom is -0.497 e. The summed E-state index contributed by atoms with van der Waals surface area (Å²) in [5.74, 6) is 0.377. The van der Waals surface area contributed by atoms with Gasteiger partial charge in [0, 0.05) is 11.9 Å². The van der Waals surface area contributed by atoms with Gasteiger partial charge in [0.2, 0.25) is 0 Å². The van der Waals surface area contributed by atoms with Crippen molar-refractivity contribution in [3.05, 3.63) is 106 Å². The van der Waals surface area contributed by atoms with Crippen LogP contribution in [0, 0.1) is 5.82 Å². The molecule has 0 radical (unpaired) electrons. The summed E-state index contributed by atoms with van der Waals surface area (Å²) in [5, 5.41) is 0.636. The van der Waals surface area contributed by atoms with Crippen molar-refractivity contribution in [1.82, 2.24) is 14.1 Å². The number of rotatable bonds is 5. The number of hydrogen-bond donors (Lipinski definition) is 0. The van der Waals surface area contributed by atoms with Gasteiger partial charge in [0.1, 0.15) is 22.6 Å². The van der Waals surface area contributed by atoms with E-state index in [9.17, 15) is 9.18 Å². The second-order valence-corrected chi connectivity index (χ2v) is 7.46. The lowest BCUT2D eigenvalue weighted by molar-refractivity contribution is 0.414. The SMILES string of the molecule is COc1cccc(Cn2cnc3c4cc(F)ccc4n(Cc4ccccc4)c3c2=O)c1. The summed E-state index contributed by atoms with van der Waals surface area (Å²) >= 11 is 0. The number of benzene rings is 3. The molecule has 6 heteroatoms. The maximum absolute atomic E-state index is 14.0. The van der Waals surface area contributed by atoms with Gasteiger partial charge < -0.3 is 9.30 Å². The molecule has 0 saturated heterocycles. The van der Waals surface area contributed by atoms with Crippen LogP contribution in [0.5, 0.6) is 5.75 Å². The van der Waals surface area contributed by atoms with E-state index in [1.165, 1.54) is 18.5 Å². The zero-order valence-electron chi connectivity index (χ0n) is 17.0. The molecule has 2 aromatic heterocycles. The van der Waals surface area contributed by atoms with E-state index in [1.807, 2.05) is 59.2 Å². The van der Waals surface area contributed by atoms with Gasteiger partial charge in [0.15, 0.2) is 0 Å². The fourth-order valence-electron chi connectivity index (χ4n) is 3.98. The molecule has 0 bridgehead atoms. The van der Waals surface area contributed by atoms with E-state index in [-0.39, 0.29) is 11.4 Å². The van der Waals surface area contributed by atoms with Crippen LogP contribution in [-0.2, 0) is 13.1 Å². The van der Waals surface area contributed by atoms with Crippen molar-refractivity contribution in [1.29, 1.82) is 0 Å². The molecule has 0 unspecified atom stereocenters. The summed E-state index contributed by atoms with van der Waals surface area (Å²) in [6.07, 6.45) is 1.53. The van der Waals surface area contributed by atoms with Crippen LogP contribution in [0.4, 0.5) is 4.39 Å². The molecule has 0 aliphatic heterocycles. The summed E-state index contributed by atoms with van der Waals surface area (Å²) in [4.78, 5) is 18.1. The van der Waals surface area contributed by atoms with Gasteiger partial charge in [-0.2, -0.15) is 0 Å². The van der Waals surface area contributed by atoms with E-state index >= 15 is 0 Å². The fraction of sp³-hybridized carbons (Fsp3) is 0.120. The molecule has 0 aliphatic carbocycles. The van der Waals surface area contributed by atoms with Crippen LogP contribution in [0.15, 0.2) is 83.9 Å². The number of nitrogens with zero attached hydrogens (tertiary/aromatic N) is 3. The minimum absolute atomic E-state index is 0.166. The lowest BCUT2D eigenvalue weighted by atomic mass is 10.2. The van der Waals surface area contributed by atoms with Gasteiger partial charge >= 0.3 is 0 Å². The first kappa shape index (κ1) is 19.1. The first-order chi connectivity index (χ1) is 15.1. The number of methoxy groups -OCH3 is 1. The monoisotopic (exact) mass is 413 g/mol. The van der Waals surface area contributed by atoms with Crippen LogP contribution in [-0.4, -0.2) is 21.2 Å². The maximum atomic E-state index is 14.0. The highest BCUT2D eigenvalue weighted by Crippen LogP contribution is 2.27. The highest BCUT2D eigenvalue weighted by molar-refractivity contribution is 6.05. The summed E-state index contributed by atoms with van der Waals surface area (Å²) in [5.41, 5.74) is 3.57. The Morgan fingerprint density at radius 1 is 0.935 bits per heavy atom. The van der Waals surface area contributed by atoms with Crippen LogP contribution in [0.25, 0.3) is 21.9 Å². The lowest BCUT2D eigenvalue weighted by Gasteiger charge is -2.10.